The van der Waals surface area contributed by atoms with Crippen molar-refractivity contribution in [3.8, 4) is 5.75 Å². The Bertz CT molecular complexity index is 583. The van der Waals surface area contributed by atoms with Crippen LogP contribution < -0.4 is 4.74 Å². The molecule has 0 aliphatic carbocycles. The van der Waals surface area contributed by atoms with Crippen LogP contribution in [0.4, 0.5) is 0 Å². The van der Waals surface area contributed by atoms with E-state index in [1.54, 1.807) is 0 Å². The van der Waals surface area contributed by atoms with Crippen LogP contribution in [0.1, 0.15) is 17.2 Å². The van der Waals surface area contributed by atoms with E-state index >= 15 is 0 Å². The van der Waals surface area contributed by atoms with E-state index in [1.807, 2.05) is 30.3 Å². The zero-order chi connectivity index (χ0) is 15.9. The van der Waals surface area contributed by atoms with Gasteiger partial charge in [0.2, 0.25) is 0 Å². The summed E-state index contributed by atoms with van der Waals surface area (Å²) in [4.78, 5) is 2.23. The Morgan fingerprint density at radius 1 is 1.09 bits per heavy atom. The molecule has 1 aliphatic heterocycles. The maximum absolute atomic E-state index is 9.07. The van der Waals surface area contributed by atoms with Crippen LogP contribution in [0.3, 0.4) is 0 Å². The van der Waals surface area contributed by atoms with E-state index in [-0.39, 0.29) is 12.7 Å². The number of benzene rings is 2. The molecule has 0 spiro atoms. The lowest BCUT2D eigenvalue weighted by Gasteiger charge is -2.32. The molecular weight excluding hydrogens is 290 g/mol. The van der Waals surface area contributed by atoms with Crippen LogP contribution in [-0.2, 0) is 11.3 Å². The molecule has 1 aliphatic rings. The summed E-state index contributed by atoms with van der Waals surface area (Å²) in [5.74, 6) is 0.862. The van der Waals surface area contributed by atoms with Crippen molar-refractivity contribution in [1.82, 2.24) is 4.90 Å². The fourth-order valence-electron chi connectivity index (χ4n) is 2.77. The monoisotopic (exact) mass is 313 g/mol. The maximum atomic E-state index is 9.07. The van der Waals surface area contributed by atoms with Gasteiger partial charge in [-0.2, -0.15) is 0 Å². The Balaban J connectivity index is 1.56. The van der Waals surface area contributed by atoms with Gasteiger partial charge < -0.3 is 14.6 Å². The molecule has 4 nitrogen and oxygen atoms in total. The van der Waals surface area contributed by atoms with E-state index in [9.17, 15) is 0 Å². The first-order valence-corrected chi connectivity index (χ1v) is 8.06. The van der Waals surface area contributed by atoms with Crippen LogP contribution in [-0.4, -0.2) is 42.9 Å². The summed E-state index contributed by atoms with van der Waals surface area (Å²) in [5.41, 5.74) is 2.31. The topological polar surface area (TPSA) is 41.9 Å². The van der Waals surface area contributed by atoms with Crippen molar-refractivity contribution in [1.29, 1.82) is 0 Å². The van der Waals surface area contributed by atoms with Gasteiger partial charge in [0.25, 0.3) is 0 Å². The van der Waals surface area contributed by atoms with Crippen molar-refractivity contribution in [3.63, 3.8) is 0 Å². The second-order valence-electron chi connectivity index (χ2n) is 5.73. The molecule has 1 atom stereocenters. The number of aliphatic hydroxyl groups excluding tert-OH is 1. The van der Waals surface area contributed by atoms with Crippen molar-refractivity contribution in [2.24, 2.45) is 0 Å². The highest BCUT2D eigenvalue weighted by Crippen LogP contribution is 2.24. The number of hydrogen-bond donors (Lipinski definition) is 1. The number of aliphatic hydroxyl groups is 1. The fourth-order valence-corrected chi connectivity index (χ4v) is 2.77. The third-order valence-corrected chi connectivity index (χ3v) is 4.07. The summed E-state index contributed by atoms with van der Waals surface area (Å²) in [6.45, 7) is 3.89. The third kappa shape index (κ3) is 4.55. The Kier molecular flexibility index (Phi) is 5.64. The average molecular weight is 313 g/mol. The number of ether oxygens (including phenoxy) is 2. The summed E-state index contributed by atoms with van der Waals surface area (Å²) in [6.07, 6.45) is 0.0680. The highest BCUT2D eigenvalue weighted by atomic mass is 16.5. The molecule has 0 saturated carbocycles. The van der Waals surface area contributed by atoms with E-state index in [4.69, 9.17) is 14.6 Å². The minimum Gasteiger partial charge on any atom is -0.489 e. The predicted octanol–water partition coefficient (Wildman–Crippen LogP) is 2.63. The Morgan fingerprint density at radius 3 is 2.61 bits per heavy atom. The van der Waals surface area contributed by atoms with Crippen LogP contribution in [0, 0.1) is 0 Å². The third-order valence-electron chi connectivity index (χ3n) is 4.07. The largest absolute Gasteiger partial charge is 0.489 e. The normalized spacial score (nSPS) is 18.7. The summed E-state index contributed by atoms with van der Waals surface area (Å²) < 4.78 is 11.7. The first-order valence-electron chi connectivity index (χ1n) is 8.06. The number of nitrogens with zero attached hydrogens (tertiary/aromatic N) is 1. The summed E-state index contributed by atoms with van der Waals surface area (Å²) >= 11 is 0. The standard InChI is InChI=1S/C19H23NO3/c21-12-10-20-11-13-22-19(14-20)17-6-8-18(9-7-17)23-15-16-4-2-1-3-5-16/h1-9,19,21H,10-15H2. The molecule has 1 saturated heterocycles. The zero-order valence-electron chi connectivity index (χ0n) is 13.2. The fraction of sp³-hybridized carbons (Fsp3) is 0.368. The smallest absolute Gasteiger partial charge is 0.119 e. The summed E-state index contributed by atoms with van der Waals surface area (Å²) in [5, 5.41) is 9.07. The number of β-amino-alcohol motifs (C(OH)–C–C–N with tert-alkyl or cyclic N) is 1. The molecule has 4 heteroatoms. The van der Waals surface area contributed by atoms with Crippen LogP contribution in [0.2, 0.25) is 0 Å². The van der Waals surface area contributed by atoms with Crippen molar-refractivity contribution in [2.75, 3.05) is 32.8 Å². The highest BCUT2D eigenvalue weighted by Gasteiger charge is 2.21. The molecule has 0 amide bonds. The molecule has 1 unspecified atom stereocenters. The number of rotatable bonds is 6. The van der Waals surface area contributed by atoms with Gasteiger partial charge in [0.15, 0.2) is 0 Å². The van der Waals surface area contributed by atoms with Crippen molar-refractivity contribution < 1.29 is 14.6 Å². The van der Waals surface area contributed by atoms with Crippen LogP contribution in [0.5, 0.6) is 5.75 Å². The van der Waals surface area contributed by atoms with Gasteiger partial charge in [-0.05, 0) is 23.3 Å². The van der Waals surface area contributed by atoms with Crippen LogP contribution in [0.25, 0.3) is 0 Å². The Hall–Kier alpha value is -1.88. The van der Waals surface area contributed by atoms with Gasteiger partial charge in [0.05, 0.1) is 19.3 Å². The second-order valence-corrected chi connectivity index (χ2v) is 5.73. The number of hydrogen-bond acceptors (Lipinski definition) is 4. The van der Waals surface area contributed by atoms with Gasteiger partial charge in [-0.3, -0.25) is 4.90 Å². The Morgan fingerprint density at radius 2 is 1.87 bits per heavy atom. The average Bonchev–Trinajstić information content (AvgIpc) is 2.62. The molecule has 2 aromatic rings. The number of morpholine rings is 1. The molecular formula is C19H23NO3. The van der Waals surface area contributed by atoms with Gasteiger partial charge >= 0.3 is 0 Å². The molecule has 1 fully saturated rings. The molecule has 0 bridgehead atoms. The maximum Gasteiger partial charge on any atom is 0.119 e. The SMILES string of the molecule is OCCN1CCOC(c2ccc(OCc3ccccc3)cc2)C1. The zero-order valence-corrected chi connectivity index (χ0v) is 13.2. The minimum atomic E-state index is 0.0680. The summed E-state index contributed by atoms with van der Waals surface area (Å²) in [7, 11) is 0. The van der Waals surface area contributed by atoms with Crippen LogP contribution >= 0.6 is 0 Å². The van der Waals surface area contributed by atoms with Gasteiger partial charge in [-0.1, -0.05) is 42.5 Å². The molecule has 1 N–H and O–H groups in total. The predicted molar refractivity (Wildman–Crippen MR) is 89.4 cm³/mol. The van der Waals surface area contributed by atoms with Crippen molar-refractivity contribution in [3.05, 3.63) is 65.7 Å². The van der Waals surface area contributed by atoms with Crippen molar-refractivity contribution in [2.45, 2.75) is 12.7 Å². The highest BCUT2D eigenvalue weighted by molar-refractivity contribution is 5.29. The lowest BCUT2D eigenvalue weighted by Crippen LogP contribution is -2.39. The molecule has 0 aromatic heterocycles. The van der Waals surface area contributed by atoms with Crippen molar-refractivity contribution >= 4 is 0 Å². The van der Waals surface area contributed by atoms with E-state index in [2.05, 4.69) is 29.2 Å². The van der Waals surface area contributed by atoms with Gasteiger partial charge in [0, 0.05) is 19.6 Å². The van der Waals surface area contributed by atoms with E-state index in [1.165, 1.54) is 0 Å². The first kappa shape index (κ1) is 16.0. The Labute approximate surface area is 137 Å². The molecule has 0 radical (unpaired) electrons. The molecule has 2 aromatic carbocycles. The molecule has 23 heavy (non-hydrogen) atoms. The first-order chi connectivity index (χ1) is 11.3. The van der Waals surface area contributed by atoms with E-state index in [0.717, 1.165) is 30.0 Å². The van der Waals surface area contributed by atoms with Gasteiger partial charge in [-0.15, -0.1) is 0 Å². The van der Waals surface area contributed by atoms with Gasteiger partial charge in [0.1, 0.15) is 12.4 Å². The summed E-state index contributed by atoms with van der Waals surface area (Å²) in [6, 6.07) is 18.3. The molecule has 1 heterocycles. The second kappa shape index (κ2) is 8.11. The minimum absolute atomic E-state index is 0.0680. The van der Waals surface area contributed by atoms with E-state index in [0.29, 0.717) is 19.8 Å². The quantitative estimate of drug-likeness (QED) is 0.890. The molecule has 3 rings (SSSR count). The lowest BCUT2D eigenvalue weighted by molar-refractivity contribution is -0.0338. The van der Waals surface area contributed by atoms with E-state index < -0.39 is 0 Å². The van der Waals surface area contributed by atoms with Gasteiger partial charge in [-0.25, -0.2) is 0 Å². The molecule has 122 valence electrons. The van der Waals surface area contributed by atoms with Crippen LogP contribution in [0.15, 0.2) is 54.6 Å². The lowest BCUT2D eigenvalue weighted by atomic mass is 10.1.